The van der Waals surface area contributed by atoms with Crippen molar-refractivity contribution in [2.24, 2.45) is 0 Å². The number of nitrogens with zero attached hydrogens (tertiary/aromatic N) is 1. The van der Waals surface area contributed by atoms with Crippen LogP contribution in [0.15, 0.2) is 16.7 Å². The summed E-state index contributed by atoms with van der Waals surface area (Å²) in [6, 6.07) is 0.879. The van der Waals surface area contributed by atoms with E-state index in [1.54, 1.807) is 33.8 Å². The smallest absolute Gasteiger partial charge is 0.478 e. The van der Waals surface area contributed by atoms with E-state index in [2.05, 4.69) is 26.2 Å². The molecule has 128 valence electrons. The highest BCUT2D eigenvalue weighted by atomic mass is 79.9. The molecule has 0 radical (unpaired) electrons. The van der Waals surface area contributed by atoms with Crippen LogP contribution in [0.4, 0.5) is 16.3 Å². The van der Waals surface area contributed by atoms with Crippen molar-refractivity contribution in [1.29, 1.82) is 0 Å². The summed E-state index contributed by atoms with van der Waals surface area (Å²) in [5.41, 5.74) is 5.36. The first kappa shape index (κ1) is 19.0. The first-order valence-corrected chi connectivity index (χ1v) is 7.59. The summed E-state index contributed by atoms with van der Waals surface area (Å²) in [5, 5.41) is 12.1. The van der Waals surface area contributed by atoms with Crippen LogP contribution < -0.4 is 11.1 Å². The third-order valence-electron chi connectivity index (χ3n) is 2.58. The monoisotopic (exact) mass is 389 g/mol. The Kier molecular flexibility index (Phi) is 6.20. The van der Waals surface area contributed by atoms with E-state index in [1.807, 2.05) is 0 Å². The third-order valence-corrected chi connectivity index (χ3v) is 3.01. The molecule has 4 N–H and O–H groups in total. The van der Waals surface area contributed by atoms with E-state index < -0.39 is 29.9 Å². The van der Waals surface area contributed by atoms with Crippen molar-refractivity contribution in [2.45, 2.75) is 45.4 Å². The molecule has 0 aliphatic carbocycles. The van der Waals surface area contributed by atoms with E-state index in [0.29, 0.717) is 10.2 Å². The van der Waals surface area contributed by atoms with Crippen molar-refractivity contribution >= 4 is 39.6 Å². The molecular weight excluding hydrogens is 370 g/mol. The fourth-order valence-corrected chi connectivity index (χ4v) is 1.96. The van der Waals surface area contributed by atoms with E-state index >= 15 is 0 Å². The minimum atomic E-state index is -1.46. The molecule has 0 saturated carbocycles. The quantitative estimate of drug-likeness (QED) is 0.656. The maximum Gasteiger partial charge on any atom is 0.509 e. The van der Waals surface area contributed by atoms with Crippen molar-refractivity contribution in [1.82, 2.24) is 4.98 Å². The normalized spacial score (nSPS) is 13.8. The molecule has 0 unspecified atom stereocenters. The zero-order valence-corrected chi connectivity index (χ0v) is 14.9. The zero-order valence-electron chi connectivity index (χ0n) is 13.3. The molecule has 0 bridgehead atoms. The Labute approximate surface area is 142 Å². The van der Waals surface area contributed by atoms with Gasteiger partial charge in [-0.1, -0.05) is 0 Å². The number of nitrogens with two attached hydrogens (primary N) is 1. The average molecular weight is 390 g/mol. The summed E-state index contributed by atoms with van der Waals surface area (Å²) >= 11 is 3.25. The first-order valence-electron chi connectivity index (χ1n) is 6.79. The van der Waals surface area contributed by atoms with Gasteiger partial charge in [-0.25, -0.2) is 14.6 Å². The van der Waals surface area contributed by atoms with Crippen LogP contribution in [-0.2, 0) is 14.3 Å². The Hall–Kier alpha value is -2.03. The summed E-state index contributed by atoms with van der Waals surface area (Å²) in [6.07, 6.45) is -1.00. The van der Waals surface area contributed by atoms with E-state index in [0.717, 1.165) is 0 Å². The number of hydrogen-bond donors (Lipinski definition) is 3. The molecule has 0 saturated heterocycles. The lowest BCUT2D eigenvalue weighted by Gasteiger charge is -2.25. The number of ether oxygens (including phenoxy) is 2. The number of carbonyl (C=O) groups excluding carboxylic acids is 1. The van der Waals surface area contributed by atoms with Crippen molar-refractivity contribution < 1.29 is 24.2 Å². The predicted octanol–water partition coefficient (Wildman–Crippen LogP) is 2.63. The van der Waals surface area contributed by atoms with Crippen LogP contribution >= 0.6 is 15.9 Å². The fourth-order valence-electron chi connectivity index (χ4n) is 1.63. The van der Waals surface area contributed by atoms with Gasteiger partial charge >= 0.3 is 12.1 Å². The van der Waals surface area contributed by atoms with Crippen molar-refractivity contribution in [3.05, 3.63) is 16.7 Å². The molecule has 0 spiro atoms. The second-order valence-electron chi connectivity index (χ2n) is 5.86. The SMILES string of the molecule is C[C@@H](Nc1cc(Br)cnc1N)[C@H](OC(=O)OC(C)(C)C)C(=O)O. The number of carboxylic acids is 1. The lowest BCUT2D eigenvalue weighted by Crippen LogP contribution is -2.42. The van der Waals surface area contributed by atoms with Crippen LogP contribution in [-0.4, -0.2) is 40.0 Å². The molecular formula is C14H20BrN3O5. The van der Waals surface area contributed by atoms with Crippen LogP contribution in [0.3, 0.4) is 0 Å². The van der Waals surface area contributed by atoms with Gasteiger partial charge in [-0.3, -0.25) is 0 Å². The van der Waals surface area contributed by atoms with Gasteiger partial charge in [-0.2, -0.15) is 0 Å². The summed E-state index contributed by atoms with van der Waals surface area (Å²) in [4.78, 5) is 27.0. The fraction of sp³-hybridized carbons (Fsp3) is 0.500. The van der Waals surface area contributed by atoms with Crippen LogP contribution in [0.2, 0.25) is 0 Å². The molecule has 9 heteroatoms. The zero-order chi connectivity index (χ0) is 17.8. The molecule has 0 aliphatic heterocycles. The van der Waals surface area contributed by atoms with Gasteiger partial charge in [0.05, 0.1) is 11.7 Å². The van der Waals surface area contributed by atoms with Gasteiger partial charge < -0.3 is 25.6 Å². The molecule has 1 heterocycles. The van der Waals surface area contributed by atoms with Gasteiger partial charge in [-0.05, 0) is 49.7 Å². The highest BCUT2D eigenvalue weighted by Crippen LogP contribution is 2.22. The molecule has 0 aromatic carbocycles. The van der Waals surface area contributed by atoms with E-state index in [-0.39, 0.29) is 5.82 Å². The van der Waals surface area contributed by atoms with Crippen molar-refractivity contribution in [3.8, 4) is 0 Å². The number of rotatable bonds is 5. The first-order chi connectivity index (χ1) is 10.5. The summed E-state index contributed by atoms with van der Waals surface area (Å²) in [5.74, 6) is -1.11. The van der Waals surface area contributed by atoms with E-state index in [1.165, 1.54) is 6.20 Å². The number of aromatic nitrogens is 1. The van der Waals surface area contributed by atoms with Crippen LogP contribution in [0, 0.1) is 0 Å². The minimum Gasteiger partial charge on any atom is -0.478 e. The van der Waals surface area contributed by atoms with Crippen molar-refractivity contribution in [3.63, 3.8) is 0 Å². The lowest BCUT2D eigenvalue weighted by atomic mass is 10.1. The van der Waals surface area contributed by atoms with Gasteiger partial charge in [0.15, 0.2) is 0 Å². The number of carboxylic acid groups (broad SMARTS) is 1. The maximum atomic E-state index is 11.7. The molecule has 1 aromatic rings. The number of anilines is 2. The molecule has 23 heavy (non-hydrogen) atoms. The number of pyridine rings is 1. The van der Waals surface area contributed by atoms with E-state index in [9.17, 15) is 14.7 Å². The number of halogens is 1. The number of nitrogens with one attached hydrogen (secondary N) is 1. The Balaban J connectivity index is 2.82. The lowest BCUT2D eigenvalue weighted by molar-refractivity contribution is -0.150. The predicted molar refractivity (Wildman–Crippen MR) is 88.2 cm³/mol. The Morgan fingerprint density at radius 3 is 2.57 bits per heavy atom. The molecule has 0 amide bonds. The van der Waals surface area contributed by atoms with Gasteiger partial charge in [-0.15, -0.1) is 0 Å². The second-order valence-corrected chi connectivity index (χ2v) is 6.78. The molecule has 2 atom stereocenters. The van der Waals surface area contributed by atoms with Crippen LogP contribution in [0.25, 0.3) is 0 Å². The number of nitrogen functional groups attached to an aromatic ring is 1. The van der Waals surface area contributed by atoms with Gasteiger partial charge in [0.25, 0.3) is 0 Å². The molecule has 1 rings (SSSR count). The maximum absolute atomic E-state index is 11.7. The molecule has 0 fully saturated rings. The van der Waals surface area contributed by atoms with E-state index in [4.69, 9.17) is 15.2 Å². The number of aliphatic carboxylic acids is 1. The van der Waals surface area contributed by atoms with Crippen molar-refractivity contribution in [2.75, 3.05) is 11.1 Å². The topological polar surface area (TPSA) is 124 Å². The van der Waals surface area contributed by atoms with Gasteiger partial charge in [0.2, 0.25) is 6.10 Å². The van der Waals surface area contributed by atoms with Gasteiger partial charge in [0.1, 0.15) is 11.4 Å². The second kappa shape index (κ2) is 7.49. The number of hydrogen-bond acceptors (Lipinski definition) is 7. The van der Waals surface area contributed by atoms with Crippen LogP contribution in [0.1, 0.15) is 27.7 Å². The Morgan fingerprint density at radius 2 is 2.04 bits per heavy atom. The third kappa shape index (κ3) is 6.31. The standard InChI is InChI=1S/C14H20BrN3O5/c1-7(18-9-5-8(15)6-17-11(9)16)10(12(19)20)22-13(21)23-14(2,3)4/h5-7,10,18H,1-4H3,(H2,16,17)(H,19,20)/t7-,10+/m1/s1. The average Bonchev–Trinajstić information content (AvgIpc) is 2.37. The number of carbonyl (C=O) groups is 2. The molecule has 8 nitrogen and oxygen atoms in total. The van der Waals surface area contributed by atoms with Crippen LogP contribution in [0.5, 0.6) is 0 Å². The molecule has 1 aromatic heterocycles. The summed E-state index contributed by atoms with van der Waals surface area (Å²) < 4.78 is 10.5. The van der Waals surface area contributed by atoms with Gasteiger partial charge in [0, 0.05) is 10.7 Å². The highest BCUT2D eigenvalue weighted by molar-refractivity contribution is 9.10. The minimum absolute atomic E-state index is 0.196. The summed E-state index contributed by atoms with van der Waals surface area (Å²) in [7, 11) is 0. The largest absolute Gasteiger partial charge is 0.509 e. The highest BCUT2D eigenvalue weighted by Gasteiger charge is 2.31. The Bertz CT molecular complexity index is 588. The Morgan fingerprint density at radius 1 is 1.43 bits per heavy atom. The molecule has 0 aliphatic rings. The summed E-state index contributed by atoms with van der Waals surface area (Å²) in [6.45, 7) is 6.50.